The Morgan fingerprint density at radius 1 is 0.943 bits per heavy atom. The second-order valence-corrected chi connectivity index (χ2v) is 14.9. The number of nitrogens with one attached hydrogen (secondary N) is 1. The standard InChI is InChI=1S/C32H55N3/c1-22(35(7)20-25-18-30(3,4)21-34-25)19-33-23(2)27-13-14-28-26-12-11-24-10-8-9-16-31(24,5)29(26)15-17-32(27,28)6/h24-29,34H,1,8-21H2,2-7H3. The van der Waals surface area contributed by atoms with Gasteiger partial charge in [0.2, 0.25) is 0 Å². The molecular formula is C32H55N3. The largest absolute Gasteiger partial charge is 0.375 e. The molecule has 5 aliphatic rings. The summed E-state index contributed by atoms with van der Waals surface area (Å²) in [6.07, 6.45) is 16.0. The van der Waals surface area contributed by atoms with E-state index in [0.29, 0.717) is 28.2 Å². The predicted molar refractivity (Wildman–Crippen MR) is 150 cm³/mol. The molecule has 198 valence electrons. The number of fused-ring (bicyclic) bond motifs is 5. The average Bonchev–Trinajstić information content (AvgIpc) is 3.34. The van der Waals surface area contributed by atoms with Crippen LogP contribution in [0, 0.1) is 45.8 Å². The fraction of sp³-hybridized carbons (Fsp3) is 0.906. The Morgan fingerprint density at radius 3 is 2.46 bits per heavy atom. The molecule has 1 aliphatic heterocycles. The summed E-state index contributed by atoms with van der Waals surface area (Å²) in [4.78, 5) is 7.56. The minimum Gasteiger partial charge on any atom is -0.375 e. The highest BCUT2D eigenvalue weighted by molar-refractivity contribution is 5.85. The van der Waals surface area contributed by atoms with Crippen LogP contribution in [0.2, 0.25) is 0 Å². The lowest BCUT2D eigenvalue weighted by Crippen LogP contribution is -2.53. The second kappa shape index (κ2) is 9.48. The average molecular weight is 482 g/mol. The van der Waals surface area contributed by atoms with Gasteiger partial charge in [-0.05, 0) is 105 Å². The summed E-state index contributed by atoms with van der Waals surface area (Å²) in [5.74, 6) is 4.61. The molecule has 0 radical (unpaired) electrons. The maximum Gasteiger partial charge on any atom is 0.0781 e. The van der Waals surface area contributed by atoms with E-state index in [-0.39, 0.29) is 0 Å². The number of hydrogen-bond donors (Lipinski definition) is 1. The fourth-order valence-corrected chi connectivity index (χ4v) is 10.2. The van der Waals surface area contributed by atoms with Gasteiger partial charge in [-0.2, -0.15) is 0 Å². The lowest BCUT2D eigenvalue weighted by molar-refractivity contribution is -0.106. The van der Waals surface area contributed by atoms with Gasteiger partial charge in [0.1, 0.15) is 0 Å². The molecule has 4 aliphatic carbocycles. The van der Waals surface area contributed by atoms with Crippen LogP contribution in [-0.2, 0) is 0 Å². The molecule has 0 amide bonds. The summed E-state index contributed by atoms with van der Waals surface area (Å²) >= 11 is 0. The van der Waals surface area contributed by atoms with E-state index in [1.54, 1.807) is 0 Å². The van der Waals surface area contributed by atoms with Gasteiger partial charge < -0.3 is 10.2 Å². The van der Waals surface area contributed by atoms with Crippen molar-refractivity contribution in [2.45, 2.75) is 111 Å². The maximum absolute atomic E-state index is 5.20. The lowest BCUT2D eigenvalue weighted by atomic mass is 9.45. The van der Waals surface area contributed by atoms with Gasteiger partial charge in [0.25, 0.3) is 0 Å². The number of aliphatic imine (C=N–C) groups is 1. The molecule has 1 saturated heterocycles. The SMILES string of the molecule is C=C(CN=C(C)C1CCC2C3CCC4CCCCC4(C)C3CCC12C)N(C)CC1CC(C)(C)CN1. The van der Waals surface area contributed by atoms with E-state index < -0.39 is 0 Å². The van der Waals surface area contributed by atoms with Crippen molar-refractivity contribution < 1.29 is 0 Å². The molecule has 3 heteroatoms. The quantitative estimate of drug-likeness (QED) is 0.402. The summed E-state index contributed by atoms with van der Waals surface area (Å²) in [5.41, 5.74) is 4.13. The van der Waals surface area contributed by atoms with Crippen LogP contribution >= 0.6 is 0 Å². The molecule has 8 atom stereocenters. The zero-order valence-corrected chi connectivity index (χ0v) is 24.0. The summed E-state index contributed by atoms with van der Waals surface area (Å²) in [5, 5.41) is 3.70. The second-order valence-electron chi connectivity index (χ2n) is 14.9. The van der Waals surface area contributed by atoms with Gasteiger partial charge in [0.05, 0.1) is 6.54 Å². The normalized spacial score (nSPS) is 44.9. The Balaban J connectivity index is 1.21. The molecule has 5 rings (SSSR count). The van der Waals surface area contributed by atoms with Crippen molar-refractivity contribution in [3.8, 4) is 0 Å². The summed E-state index contributed by atoms with van der Waals surface area (Å²) in [6.45, 7) is 19.8. The molecule has 0 aromatic rings. The molecule has 5 fully saturated rings. The maximum atomic E-state index is 5.20. The van der Waals surface area contributed by atoms with Crippen LogP contribution in [0.1, 0.15) is 105 Å². The van der Waals surface area contributed by atoms with Gasteiger partial charge in [0.15, 0.2) is 0 Å². The van der Waals surface area contributed by atoms with Crippen LogP contribution in [0.5, 0.6) is 0 Å². The smallest absolute Gasteiger partial charge is 0.0781 e. The molecule has 4 saturated carbocycles. The van der Waals surface area contributed by atoms with E-state index in [2.05, 4.69) is 58.5 Å². The van der Waals surface area contributed by atoms with Crippen molar-refractivity contribution in [1.82, 2.24) is 10.2 Å². The van der Waals surface area contributed by atoms with Crippen LogP contribution in [-0.4, -0.2) is 43.3 Å². The minimum absolute atomic E-state index is 0.419. The number of likely N-dealkylation sites (N-methyl/N-ethyl adjacent to an activating group) is 1. The van der Waals surface area contributed by atoms with Crippen LogP contribution < -0.4 is 5.32 Å². The number of nitrogens with zero attached hydrogens (tertiary/aromatic N) is 2. The van der Waals surface area contributed by atoms with Gasteiger partial charge in [0, 0.05) is 43.5 Å². The fourth-order valence-electron chi connectivity index (χ4n) is 10.2. The van der Waals surface area contributed by atoms with Crippen molar-refractivity contribution in [3.05, 3.63) is 12.3 Å². The number of hydrogen-bond acceptors (Lipinski definition) is 3. The summed E-state index contributed by atoms with van der Waals surface area (Å²) < 4.78 is 0. The first-order valence-electron chi connectivity index (χ1n) is 15.2. The molecule has 3 nitrogen and oxygen atoms in total. The van der Waals surface area contributed by atoms with E-state index in [9.17, 15) is 0 Å². The summed E-state index contributed by atoms with van der Waals surface area (Å²) in [7, 11) is 2.20. The van der Waals surface area contributed by atoms with Crippen LogP contribution in [0.3, 0.4) is 0 Å². The van der Waals surface area contributed by atoms with Gasteiger partial charge in [-0.15, -0.1) is 0 Å². The number of rotatable bonds is 6. The topological polar surface area (TPSA) is 27.6 Å². The highest BCUT2D eigenvalue weighted by Crippen LogP contribution is 2.67. The van der Waals surface area contributed by atoms with Crippen molar-refractivity contribution in [2.75, 3.05) is 26.7 Å². The Bertz CT molecular complexity index is 829. The van der Waals surface area contributed by atoms with Crippen molar-refractivity contribution >= 4 is 5.71 Å². The van der Waals surface area contributed by atoms with Crippen molar-refractivity contribution in [1.29, 1.82) is 0 Å². The van der Waals surface area contributed by atoms with Gasteiger partial charge in [-0.3, -0.25) is 4.99 Å². The third kappa shape index (κ3) is 4.66. The Labute approximate surface area is 217 Å². The predicted octanol–water partition coefficient (Wildman–Crippen LogP) is 7.33. The van der Waals surface area contributed by atoms with E-state index in [1.165, 1.54) is 82.0 Å². The van der Waals surface area contributed by atoms with Crippen molar-refractivity contribution in [3.63, 3.8) is 0 Å². The first-order chi connectivity index (χ1) is 16.5. The Kier molecular flexibility index (Phi) is 6.99. The van der Waals surface area contributed by atoms with Gasteiger partial charge in [-0.25, -0.2) is 0 Å². The lowest BCUT2D eigenvalue weighted by Gasteiger charge is -2.60. The Morgan fingerprint density at radius 2 is 1.71 bits per heavy atom. The molecule has 0 aromatic heterocycles. The minimum atomic E-state index is 0.419. The van der Waals surface area contributed by atoms with E-state index in [4.69, 9.17) is 4.99 Å². The molecule has 0 aromatic carbocycles. The molecule has 0 bridgehead atoms. The molecule has 0 spiro atoms. The van der Waals surface area contributed by atoms with Gasteiger partial charge in [-0.1, -0.05) is 47.1 Å². The first-order valence-corrected chi connectivity index (χ1v) is 15.2. The van der Waals surface area contributed by atoms with Crippen LogP contribution in [0.25, 0.3) is 0 Å². The molecule has 1 heterocycles. The van der Waals surface area contributed by atoms with Crippen LogP contribution in [0.4, 0.5) is 0 Å². The molecule has 35 heavy (non-hydrogen) atoms. The molecular weight excluding hydrogens is 426 g/mol. The third-order valence-corrected chi connectivity index (χ3v) is 12.3. The molecule has 8 unspecified atom stereocenters. The first kappa shape index (κ1) is 25.8. The zero-order chi connectivity index (χ0) is 25.0. The highest BCUT2D eigenvalue weighted by Gasteiger charge is 2.59. The van der Waals surface area contributed by atoms with E-state index in [0.717, 1.165) is 43.3 Å². The zero-order valence-electron chi connectivity index (χ0n) is 24.0. The Hall–Kier alpha value is -0.830. The van der Waals surface area contributed by atoms with E-state index >= 15 is 0 Å². The van der Waals surface area contributed by atoms with Gasteiger partial charge >= 0.3 is 0 Å². The van der Waals surface area contributed by atoms with Crippen LogP contribution in [0.15, 0.2) is 17.3 Å². The summed E-state index contributed by atoms with van der Waals surface area (Å²) in [6, 6.07) is 0.572. The van der Waals surface area contributed by atoms with Crippen molar-refractivity contribution in [2.24, 2.45) is 50.8 Å². The highest BCUT2D eigenvalue weighted by atomic mass is 15.2. The third-order valence-electron chi connectivity index (χ3n) is 12.3. The molecule has 1 N–H and O–H groups in total. The monoisotopic (exact) mass is 481 g/mol. The van der Waals surface area contributed by atoms with E-state index in [1.807, 2.05) is 0 Å².